The molecule has 4 nitrogen and oxygen atoms in total. The predicted octanol–water partition coefficient (Wildman–Crippen LogP) is 0.293. The van der Waals surface area contributed by atoms with Crippen LogP contribution in [0.1, 0.15) is 25.7 Å². The Morgan fingerprint density at radius 2 is 1.88 bits per heavy atom. The first-order chi connectivity index (χ1) is 8.33. The number of nitrogens with zero attached hydrogens (tertiary/aromatic N) is 2. The highest BCUT2D eigenvalue weighted by Crippen LogP contribution is 2.29. The van der Waals surface area contributed by atoms with Crippen molar-refractivity contribution in [3.8, 4) is 0 Å². The van der Waals surface area contributed by atoms with Crippen molar-refractivity contribution in [3.05, 3.63) is 0 Å². The first kappa shape index (κ1) is 11.5. The Labute approximate surface area is 103 Å². The van der Waals surface area contributed by atoms with Crippen molar-refractivity contribution >= 4 is 5.91 Å². The lowest BCUT2D eigenvalue weighted by Gasteiger charge is -2.36. The lowest BCUT2D eigenvalue weighted by Crippen LogP contribution is -2.53. The number of rotatable bonds is 3. The van der Waals surface area contributed by atoms with Crippen molar-refractivity contribution in [2.24, 2.45) is 5.92 Å². The molecule has 1 N–H and O–H groups in total. The van der Waals surface area contributed by atoms with E-state index in [4.69, 9.17) is 0 Å². The Morgan fingerprint density at radius 3 is 2.47 bits per heavy atom. The molecule has 2 heterocycles. The van der Waals surface area contributed by atoms with Crippen LogP contribution in [0.5, 0.6) is 0 Å². The zero-order valence-corrected chi connectivity index (χ0v) is 10.5. The Hall–Kier alpha value is -0.610. The molecule has 0 aromatic carbocycles. The fourth-order valence-electron chi connectivity index (χ4n) is 2.93. The molecule has 96 valence electrons. The van der Waals surface area contributed by atoms with E-state index in [1.165, 1.54) is 19.4 Å². The van der Waals surface area contributed by atoms with E-state index in [9.17, 15) is 4.79 Å². The Bertz CT molecular complexity index is 276. The zero-order valence-electron chi connectivity index (χ0n) is 10.5. The quantitative estimate of drug-likeness (QED) is 0.766. The average Bonchev–Trinajstić information content (AvgIpc) is 3.00. The summed E-state index contributed by atoms with van der Waals surface area (Å²) < 4.78 is 0. The fourth-order valence-corrected chi connectivity index (χ4v) is 2.93. The molecular formula is C13H23N3O. The smallest absolute Gasteiger partial charge is 0.239 e. The van der Waals surface area contributed by atoms with Crippen LogP contribution in [-0.4, -0.2) is 61.0 Å². The Morgan fingerprint density at radius 1 is 1.12 bits per heavy atom. The van der Waals surface area contributed by atoms with Gasteiger partial charge in [-0.25, -0.2) is 0 Å². The van der Waals surface area contributed by atoms with E-state index in [0.29, 0.717) is 5.91 Å². The van der Waals surface area contributed by atoms with Gasteiger partial charge in [0.1, 0.15) is 0 Å². The highest BCUT2D eigenvalue weighted by Gasteiger charge is 2.31. The van der Waals surface area contributed by atoms with Gasteiger partial charge in [0.15, 0.2) is 0 Å². The van der Waals surface area contributed by atoms with Gasteiger partial charge in [-0.05, 0) is 38.1 Å². The molecule has 0 bridgehead atoms. The SMILES string of the molecule is O=C([C@@H]1CCCN1)N1CCN(CC2CC2)CC1. The molecule has 3 rings (SSSR count). The number of carbonyl (C=O) groups is 1. The van der Waals surface area contributed by atoms with E-state index < -0.39 is 0 Å². The first-order valence-electron chi connectivity index (χ1n) is 7.07. The molecule has 0 unspecified atom stereocenters. The molecule has 1 aliphatic carbocycles. The van der Waals surface area contributed by atoms with E-state index in [1.807, 2.05) is 0 Å². The minimum Gasteiger partial charge on any atom is -0.339 e. The minimum absolute atomic E-state index is 0.116. The molecule has 2 aliphatic heterocycles. The van der Waals surface area contributed by atoms with Crippen LogP contribution in [0.4, 0.5) is 0 Å². The summed E-state index contributed by atoms with van der Waals surface area (Å²) in [5, 5.41) is 3.30. The van der Waals surface area contributed by atoms with E-state index in [-0.39, 0.29) is 6.04 Å². The van der Waals surface area contributed by atoms with Gasteiger partial charge < -0.3 is 10.2 Å². The summed E-state index contributed by atoms with van der Waals surface area (Å²) in [5.41, 5.74) is 0. The second-order valence-electron chi connectivity index (χ2n) is 5.72. The van der Waals surface area contributed by atoms with Gasteiger partial charge in [0.2, 0.25) is 5.91 Å². The first-order valence-corrected chi connectivity index (χ1v) is 7.07. The molecule has 0 aromatic rings. The summed E-state index contributed by atoms with van der Waals surface area (Å²) in [6.45, 7) is 6.30. The van der Waals surface area contributed by atoms with Crippen LogP contribution in [-0.2, 0) is 4.79 Å². The van der Waals surface area contributed by atoms with Gasteiger partial charge in [-0.1, -0.05) is 0 Å². The normalized spacial score (nSPS) is 30.8. The van der Waals surface area contributed by atoms with Crippen molar-refractivity contribution < 1.29 is 4.79 Å². The van der Waals surface area contributed by atoms with Gasteiger partial charge in [0.25, 0.3) is 0 Å². The summed E-state index contributed by atoms with van der Waals surface area (Å²) >= 11 is 0. The fraction of sp³-hybridized carbons (Fsp3) is 0.923. The number of hydrogen-bond acceptors (Lipinski definition) is 3. The molecule has 3 aliphatic rings. The Balaban J connectivity index is 1.44. The molecule has 1 atom stereocenters. The molecule has 0 aromatic heterocycles. The van der Waals surface area contributed by atoms with Crippen LogP contribution in [0.15, 0.2) is 0 Å². The third kappa shape index (κ3) is 2.80. The van der Waals surface area contributed by atoms with Gasteiger partial charge in [-0.3, -0.25) is 9.69 Å². The maximum atomic E-state index is 12.2. The standard InChI is InChI=1S/C13H23N3O/c17-13(12-2-1-5-14-12)16-8-6-15(7-9-16)10-11-3-4-11/h11-12,14H,1-10H2/t12-/m0/s1. The van der Waals surface area contributed by atoms with Crippen LogP contribution in [0, 0.1) is 5.92 Å². The summed E-state index contributed by atoms with van der Waals surface area (Å²) in [7, 11) is 0. The number of amides is 1. The second-order valence-corrected chi connectivity index (χ2v) is 5.72. The summed E-state index contributed by atoms with van der Waals surface area (Å²) in [6.07, 6.45) is 5.02. The second kappa shape index (κ2) is 4.94. The topological polar surface area (TPSA) is 35.6 Å². The molecule has 17 heavy (non-hydrogen) atoms. The molecule has 1 amide bonds. The molecule has 0 spiro atoms. The summed E-state index contributed by atoms with van der Waals surface area (Å²) in [6, 6.07) is 0.116. The van der Waals surface area contributed by atoms with Crippen LogP contribution < -0.4 is 5.32 Å². The molecule has 1 saturated carbocycles. The van der Waals surface area contributed by atoms with Crippen molar-refractivity contribution in [1.29, 1.82) is 0 Å². The van der Waals surface area contributed by atoms with Crippen LogP contribution in [0.2, 0.25) is 0 Å². The molecule has 0 radical (unpaired) electrons. The van der Waals surface area contributed by atoms with Crippen molar-refractivity contribution in [1.82, 2.24) is 15.1 Å². The Kier molecular flexibility index (Phi) is 3.34. The summed E-state index contributed by atoms with van der Waals surface area (Å²) in [5.74, 6) is 1.31. The maximum absolute atomic E-state index is 12.2. The zero-order chi connectivity index (χ0) is 11.7. The van der Waals surface area contributed by atoms with Gasteiger partial charge in [0, 0.05) is 32.7 Å². The van der Waals surface area contributed by atoms with Crippen molar-refractivity contribution in [2.75, 3.05) is 39.3 Å². The molecule has 3 fully saturated rings. The molecular weight excluding hydrogens is 214 g/mol. The third-order valence-electron chi connectivity index (χ3n) is 4.26. The van der Waals surface area contributed by atoms with Gasteiger partial charge >= 0.3 is 0 Å². The molecule has 4 heteroatoms. The average molecular weight is 237 g/mol. The number of piperazine rings is 1. The van der Waals surface area contributed by atoms with E-state index in [0.717, 1.165) is 51.5 Å². The van der Waals surface area contributed by atoms with Gasteiger partial charge in [0.05, 0.1) is 6.04 Å². The maximum Gasteiger partial charge on any atom is 0.239 e. The van der Waals surface area contributed by atoms with Crippen molar-refractivity contribution in [3.63, 3.8) is 0 Å². The molecule has 2 saturated heterocycles. The predicted molar refractivity (Wildman–Crippen MR) is 66.8 cm³/mol. The summed E-state index contributed by atoms with van der Waals surface area (Å²) in [4.78, 5) is 16.8. The largest absolute Gasteiger partial charge is 0.339 e. The lowest BCUT2D eigenvalue weighted by molar-refractivity contribution is -0.134. The minimum atomic E-state index is 0.116. The monoisotopic (exact) mass is 237 g/mol. The van der Waals surface area contributed by atoms with Crippen LogP contribution in [0.25, 0.3) is 0 Å². The van der Waals surface area contributed by atoms with Crippen molar-refractivity contribution in [2.45, 2.75) is 31.7 Å². The third-order valence-corrected chi connectivity index (χ3v) is 4.26. The highest BCUT2D eigenvalue weighted by molar-refractivity contribution is 5.82. The van der Waals surface area contributed by atoms with Gasteiger partial charge in [-0.2, -0.15) is 0 Å². The highest BCUT2D eigenvalue weighted by atomic mass is 16.2. The van der Waals surface area contributed by atoms with Gasteiger partial charge in [-0.15, -0.1) is 0 Å². The number of carbonyl (C=O) groups excluding carboxylic acids is 1. The number of nitrogens with one attached hydrogen (secondary N) is 1. The lowest BCUT2D eigenvalue weighted by atomic mass is 10.2. The number of hydrogen-bond donors (Lipinski definition) is 1. The van der Waals surface area contributed by atoms with E-state index in [2.05, 4.69) is 15.1 Å². The van der Waals surface area contributed by atoms with Crippen LogP contribution >= 0.6 is 0 Å². The van der Waals surface area contributed by atoms with E-state index >= 15 is 0 Å². The van der Waals surface area contributed by atoms with Crippen LogP contribution in [0.3, 0.4) is 0 Å². The van der Waals surface area contributed by atoms with E-state index in [1.54, 1.807) is 0 Å².